The van der Waals surface area contributed by atoms with Crippen molar-refractivity contribution in [3.63, 3.8) is 0 Å². The van der Waals surface area contributed by atoms with E-state index in [0.717, 1.165) is 38.9 Å². The van der Waals surface area contributed by atoms with Gasteiger partial charge in [-0.25, -0.2) is 0 Å². The monoisotopic (exact) mass is 210 g/mol. The molecule has 15 heavy (non-hydrogen) atoms. The fraction of sp³-hybridized carbons (Fsp3) is 0.917. The molecular weight excluding hydrogens is 188 g/mol. The Balaban J connectivity index is 1.93. The Morgan fingerprint density at radius 2 is 2.13 bits per heavy atom. The van der Waals surface area contributed by atoms with Crippen LogP contribution in [-0.4, -0.2) is 36.4 Å². The summed E-state index contributed by atoms with van der Waals surface area (Å²) in [7, 11) is 0. The van der Waals surface area contributed by atoms with Crippen LogP contribution in [0.5, 0.6) is 0 Å². The van der Waals surface area contributed by atoms with Crippen molar-refractivity contribution < 1.29 is 4.79 Å². The first-order valence-corrected chi connectivity index (χ1v) is 6.28. The molecule has 1 aliphatic heterocycles. The van der Waals surface area contributed by atoms with Crippen LogP contribution in [0.3, 0.4) is 0 Å². The molecule has 1 saturated heterocycles. The highest BCUT2D eigenvalue weighted by atomic mass is 16.1. The van der Waals surface area contributed by atoms with Crippen molar-refractivity contribution in [3.8, 4) is 0 Å². The van der Waals surface area contributed by atoms with Gasteiger partial charge in [0, 0.05) is 13.0 Å². The summed E-state index contributed by atoms with van der Waals surface area (Å²) in [5.41, 5.74) is 5.68. The van der Waals surface area contributed by atoms with Crippen LogP contribution in [0.15, 0.2) is 0 Å². The van der Waals surface area contributed by atoms with Crippen molar-refractivity contribution in [3.05, 3.63) is 0 Å². The molecule has 0 amide bonds. The summed E-state index contributed by atoms with van der Waals surface area (Å²) in [6, 6.07) is 0.226. The molecule has 3 nitrogen and oxygen atoms in total. The zero-order chi connectivity index (χ0) is 10.7. The highest BCUT2D eigenvalue weighted by Gasteiger charge is 2.31. The van der Waals surface area contributed by atoms with Crippen LogP contribution >= 0.6 is 0 Å². The summed E-state index contributed by atoms with van der Waals surface area (Å²) in [5.74, 6) is 1.10. The molecule has 2 N–H and O–H groups in total. The van der Waals surface area contributed by atoms with E-state index in [-0.39, 0.29) is 6.04 Å². The van der Waals surface area contributed by atoms with E-state index in [0.29, 0.717) is 11.7 Å². The molecule has 2 unspecified atom stereocenters. The first kappa shape index (κ1) is 11.1. The van der Waals surface area contributed by atoms with Gasteiger partial charge in [0.2, 0.25) is 0 Å². The predicted octanol–water partition coefficient (Wildman–Crippen LogP) is 1.17. The Morgan fingerprint density at radius 1 is 1.27 bits per heavy atom. The van der Waals surface area contributed by atoms with E-state index in [1.54, 1.807) is 0 Å². The zero-order valence-corrected chi connectivity index (χ0v) is 9.45. The minimum Gasteiger partial charge on any atom is -0.330 e. The molecule has 2 atom stereocenters. The maximum Gasteiger partial charge on any atom is 0.149 e. The molecule has 1 aliphatic carbocycles. The van der Waals surface area contributed by atoms with Crippen LogP contribution in [0.4, 0.5) is 0 Å². The topological polar surface area (TPSA) is 46.3 Å². The molecule has 0 aromatic carbocycles. The second kappa shape index (κ2) is 5.08. The number of carbonyl (C=O) groups excluding carboxylic acids is 1. The second-order valence-electron chi connectivity index (χ2n) is 4.97. The van der Waals surface area contributed by atoms with Crippen molar-refractivity contribution in [2.24, 2.45) is 11.7 Å². The molecule has 1 saturated carbocycles. The average molecular weight is 210 g/mol. The normalized spacial score (nSPS) is 34.3. The Labute approximate surface area is 92.0 Å². The number of ketones is 1. The number of Topliss-reactive ketones (excluding diaryl/α,β-unsaturated/α-hetero) is 1. The third-order valence-electron chi connectivity index (χ3n) is 3.86. The van der Waals surface area contributed by atoms with Crippen molar-refractivity contribution in [2.75, 3.05) is 19.6 Å². The Hall–Kier alpha value is -0.410. The average Bonchev–Trinajstić information content (AvgIpc) is 2.62. The lowest BCUT2D eigenvalue weighted by molar-refractivity contribution is -0.123. The summed E-state index contributed by atoms with van der Waals surface area (Å²) in [6.07, 6.45) is 6.62. The molecule has 0 spiro atoms. The summed E-state index contributed by atoms with van der Waals surface area (Å²) in [6.45, 7) is 2.91. The van der Waals surface area contributed by atoms with Crippen molar-refractivity contribution in [1.82, 2.24) is 4.90 Å². The van der Waals surface area contributed by atoms with E-state index in [2.05, 4.69) is 4.90 Å². The standard InChI is InChI=1S/C12H22N2O/c13-8-10-6-7-14(9-10)11-4-2-1-3-5-12(11)15/h10-11H,1-9,13H2. The summed E-state index contributed by atoms with van der Waals surface area (Å²) in [4.78, 5) is 14.3. The summed E-state index contributed by atoms with van der Waals surface area (Å²) in [5, 5.41) is 0. The van der Waals surface area contributed by atoms with E-state index in [9.17, 15) is 4.79 Å². The van der Waals surface area contributed by atoms with Crippen LogP contribution in [0.2, 0.25) is 0 Å². The molecule has 2 aliphatic rings. The summed E-state index contributed by atoms with van der Waals surface area (Å²) < 4.78 is 0. The lowest BCUT2D eigenvalue weighted by Crippen LogP contribution is -2.39. The lowest BCUT2D eigenvalue weighted by atomic mass is 10.1. The number of rotatable bonds is 2. The van der Waals surface area contributed by atoms with Gasteiger partial charge >= 0.3 is 0 Å². The van der Waals surface area contributed by atoms with Gasteiger partial charge in [0.25, 0.3) is 0 Å². The van der Waals surface area contributed by atoms with Gasteiger partial charge in [-0.05, 0) is 38.3 Å². The Kier molecular flexibility index (Phi) is 3.76. The van der Waals surface area contributed by atoms with Crippen molar-refractivity contribution in [1.29, 1.82) is 0 Å². The number of nitrogens with two attached hydrogens (primary N) is 1. The molecule has 0 aromatic rings. The first-order chi connectivity index (χ1) is 7.31. The minimum atomic E-state index is 0.226. The molecule has 3 heteroatoms. The Bertz CT molecular complexity index is 230. The van der Waals surface area contributed by atoms with Gasteiger partial charge in [0.05, 0.1) is 6.04 Å². The largest absolute Gasteiger partial charge is 0.330 e. The number of hydrogen-bond donors (Lipinski definition) is 1. The number of nitrogens with zero attached hydrogens (tertiary/aromatic N) is 1. The SMILES string of the molecule is NCC1CCN(C2CCCCCC2=O)C1. The van der Waals surface area contributed by atoms with Gasteiger partial charge in [-0.2, -0.15) is 0 Å². The van der Waals surface area contributed by atoms with E-state index >= 15 is 0 Å². The smallest absolute Gasteiger partial charge is 0.149 e. The minimum absolute atomic E-state index is 0.226. The van der Waals surface area contributed by atoms with Gasteiger partial charge in [-0.3, -0.25) is 9.69 Å². The van der Waals surface area contributed by atoms with Crippen LogP contribution in [-0.2, 0) is 4.79 Å². The van der Waals surface area contributed by atoms with Crippen molar-refractivity contribution in [2.45, 2.75) is 44.6 Å². The van der Waals surface area contributed by atoms with Crippen LogP contribution in [0.1, 0.15) is 38.5 Å². The van der Waals surface area contributed by atoms with Crippen molar-refractivity contribution >= 4 is 5.78 Å². The highest BCUT2D eigenvalue weighted by Crippen LogP contribution is 2.24. The van der Waals surface area contributed by atoms with Crippen LogP contribution < -0.4 is 5.73 Å². The fourth-order valence-electron chi connectivity index (χ4n) is 2.87. The molecule has 2 fully saturated rings. The maximum atomic E-state index is 11.9. The number of carbonyl (C=O) groups is 1. The Morgan fingerprint density at radius 3 is 2.87 bits per heavy atom. The van der Waals surface area contributed by atoms with Crippen LogP contribution in [0.25, 0.3) is 0 Å². The van der Waals surface area contributed by atoms with E-state index in [1.165, 1.54) is 19.3 Å². The maximum absolute atomic E-state index is 11.9. The molecule has 0 aromatic heterocycles. The molecule has 2 rings (SSSR count). The summed E-state index contributed by atoms with van der Waals surface area (Å²) >= 11 is 0. The lowest BCUT2D eigenvalue weighted by Gasteiger charge is -2.25. The van der Waals surface area contributed by atoms with Gasteiger partial charge in [0.15, 0.2) is 0 Å². The van der Waals surface area contributed by atoms with Gasteiger partial charge < -0.3 is 5.73 Å². The second-order valence-corrected chi connectivity index (χ2v) is 4.97. The molecule has 0 bridgehead atoms. The van der Waals surface area contributed by atoms with Crippen LogP contribution in [0, 0.1) is 5.92 Å². The van der Waals surface area contributed by atoms with E-state index in [4.69, 9.17) is 5.73 Å². The highest BCUT2D eigenvalue weighted by molar-refractivity contribution is 5.84. The third kappa shape index (κ3) is 2.58. The van der Waals surface area contributed by atoms with Gasteiger partial charge in [-0.15, -0.1) is 0 Å². The number of hydrogen-bond acceptors (Lipinski definition) is 3. The molecule has 1 heterocycles. The quantitative estimate of drug-likeness (QED) is 0.696. The number of likely N-dealkylation sites (tertiary alicyclic amines) is 1. The van der Waals surface area contributed by atoms with E-state index in [1.807, 2.05) is 0 Å². The molecule has 0 radical (unpaired) electrons. The predicted molar refractivity (Wildman–Crippen MR) is 60.6 cm³/mol. The van der Waals surface area contributed by atoms with E-state index < -0.39 is 0 Å². The molecule has 86 valence electrons. The third-order valence-corrected chi connectivity index (χ3v) is 3.86. The molecular formula is C12H22N2O. The fourth-order valence-corrected chi connectivity index (χ4v) is 2.87. The van der Waals surface area contributed by atoms with Gasteiger partial charge in [-0.1, -0.05) is 12.8 Å². The zero-order valence-electron chi connectivity index (χ0n) is 9.45. The first-order valence-electron chi connectivity index (χ1n) is 6.28. The van der Waals surface area contributed by atoms with Gasteiger partial charge in [0.1, 0.15) is 5.78 Å².